The van der Waals surface area contributed by atoms with Gasteiger partial charge in [0.05, 0.1) is 0 Å². The Morgan fingerprint density at radius 2 is 1.78 bits per heavy atom. The van der Waals surface area contributed by atoms with Crippen molar-refractivity contribution in [2.24, 2.45) is 17.4 Å². The van der Waals surface area contributed by atoms with Crippen molar-refractivity contribution < 1.29 is 0 Å². The molecule has 0 spiro atoms. The third-order valence-corrected chi connectivity index (χ3v) is 4.70. The summed E-state index contributed by atoms with van der Waals surface area (Å²) in [6.07, 6.45) is 1.45. The molecule has 0 aliphatic rings. The van der Waals surface area contributed by atoms with E-state index in [1.54, 1.807) is 0 Å². The van der Waals surface area contributed by atoms with Gasteiger partial charge in [0.1, 0.15) is 0 Å². The van der Waals surface area contributed by atoms with Crippen LogP contribution >= 0.6 is 0 Å². The summed E-state index contributed by atoms with van der Waals surface area (Å²) >= 11 is 0. The van der Waals surface area contributed by atoms with Crippen LogP contribution in [-0.4, -0.2) is 25.6 Å². The number of pyridine rings is 1. The summed E-state index contributed by atoms with van der Waals surface area (Å²) in [4.78, 5) is 4.90. The Hall–Kier alpha value is -2.64. The van der Waals surface area contributed by atoms with Crippen molar-refractivity contribution in [2.75, 3.05) is 0 Å². The molecule has 5 N–H and O–H groups in total. The molecule has 0 fully saturated rings. The Morgan fingerprint density at radius 1 is 1.04 bits per heavy atom. The molecule has 7 heteroatoms. The normalized spacial score (nSPS) is 11.3. The zero-order valence-electron chi connectivity index (χ0n) is 16.2. The first-order valence-electron chi connectivity index (χ1n) is 9.26. The lowest BCUT2D eigenvalue weighted by molar-refractivity contribution is 0.628. The second-order valence-corrected chi connectivity index (χ2v) is 7.18. The maximum atomic E-state index is 6.20. The predicted molar refractivity (Wildman–Crippen MR) is 106 cm³/mol. The quantitative estimate of drug-likeness (QED) is 0.591. The number of tetrazole rings is 1. The fourth-order valence-electron chi connectivity index (χ4n) is 3.41. The van der Waals surface area contributed by atoms with Gasteiger partial charge in [0.25, 0.3) is 0 Å². The molecule has 0 aliphatic heterocycles. The summed E-state index contributed by atoms with van der Waals surface area (Å²) in [6.45, 7) is 7.38. The molecule has 142 valence electrons. The minimum absolute atomic E-state index is 0.433. The van der Waals surface area contributed by atoms with Crippen molar-refractivity contribution in [1.82, 2.24) is 25.6 Å². The number of hydrogen-bond donors (Lipinski definition) is 3. The number of nitrogens with two attached hydrogens (primary N) is 2. The number of nitrogens with zero attached hydrogens (tertiary/aromatic N) is 4. The minimum atomic E-state index is 0.433. The minimum Gasteiger partial charge on any atom is -0.326 e. The Labute approximate surface area is 159 Å². The summed E-state index contributed by atoms with van der Waals surface area (Å²) in [7, 11) is 0. The summed E-state index contributed by atoms with van der Waals surface area (Å²) in [5.74, 6) is 1.14. The van der Waals surface area contributed by atoms with Gasteiger partial charge in [0, 0.05) is 30.9 Å². The van der Waals surface area contributed by atoms with E-state index >= 15 is 0 Å². The van der Waals surface area contributed by atoms with E-state index in [1.807, 2.05) is 6.92 Å². The van der Waals surface area contributed by atoms with E-state index in [-0.39, 0.29) is 0 Å². The Bertz CT molecular complexity index is 884. The summed E-state index contributed by atoms with van der Waals surface area (Å²) in [5, 5.41) is 14.4. The number of H-pyrrole nitrogens is 1. The molecular weight excluding hydrogens is 338 g/mol. The van der Waals surface area contributed by atoms with E-state index in [0.29, 0.717) is 31.3 Å². The lowest BCUT2D eigenvalue weighted by atomic mass is 9.88. The monoisotopic (exact) mass is 365 g/mol. The van der Waals surface area contributed by atoms with Crippen LogP contribution in [0.5, 0.6) is 0 Å². The molecule has 0 atom stereocenters. The number of nitrogens with one attached hydrogen (secondary N) is 1. The van der Waals surface area contributed by atoms with E-state index in [4.69, 9.17) is 16.5 Å². The van der Waals surface area contributed by atoms with Crippen LogP contribution in [0.15, 0.2) is 24.3 Å². The highest BCUT2D eigenvalue weighted by Crippen LogP contribution is 2.33. The van der Waals surface area contributed by atoms with Gasteiger partial charge in [-0.3, -0.25) is 4.98 Å². The molecule has 0 amide bonds. The van der Waals surface area contributed by atoms with Gasteiger partial charge in [-0.15, -0.1) is 10.2 Å². The van der Waals surface area contributed by atoms with Gasteiger partial charge < -0.3 is 11.5 Å². The van der Waals surface area contributed by atoms with Crippen LogP contribution in [0.3, 0.4) is 0 Å². The molecule has 0 saturated heterocycles. The third-order valence-electron chi connectivity index (χ3n) is 4.70. The molecule has 3 aromatic rings. The van der Waals surface area contributed by atoms with Gasteiger partial charge in [-0.25, -0.2) is 0 Å². The molecular formula is C20H27N7. The van der Waals surface area contributed by atoms with Crippen LogP contribution in [0.25, 0.3) is 11.1 Å². The van der Waals surface area contributed by atoms with Crippen molar-refractivity contribution in [2.45, 2.75) is 46.7 Å². The second kappa shape index (κ2) is 8.37. The predicted octanol–water partition coefficient (Wildman–Crippen LogP) is 2.28. The maximum absolute atomic E-state index is 6.20. The molecule has 3 rings (SSSR count). The second-order valence-electron chi connectivity index (χ2n) is 7.18. The van der Waals surface area contributed by atoms with Crippen LogP contribution in [0.2, 0.25) is 0 Å². The smallest absolute Gasteiger partial charge is 0.179 e. The Morgan fingerprint density at radius 3 is 2.33 bits per heavy atom. The third kappa shape index (κ3) is 4.20. The average molecular weight is 365 g/mol. The zero-order chi connectivity index (χ0) is 19.4. The van der Waals surface area contributed by atoms with Crippen molar-refractivity contribution in [3.63, 3.8) is 0 Å². The average Bonchev–Trinajstić information content (AvgIpc) is 3.16. The maximum Gasteiger partial charge on any atom is 0.179 e. The van der Waals surface area contributed by atoms with Crippen molar-refractivity contribution in [3.05, 3.63) is 58.2 Å². The van der Waals surface area contributed by atoms with Crippen LogP contribution in [0.1, 0.15) is 47.8 Å². The highest BCUT2D eigenvalue weighted by atomic mass is 15.5. The lowest BCUT2D eigenvalue weighted by Gasteiger charge is -2.20. The number of aromatic amines is 1. The number of rotatable bonds is 7. The molecule has 0 aliphatic carbocycles. The van der Waals surface area contributed by atoms with E-state index in [9.17, 15) is 0 Å². The van der Waals surface area contributed by atoms with Crippen molar-refractivity contribution in [1.29, 1.82) is 0 Å². The first kappa shape index (κ1) is 19.1. The molecule has 27 heavy (non-hydrogen) atoms. The highest BCUT2D eigenvalue weighted by molar-refractivity contribution is 5.73. The fourth-order valence-corrected chi connectivity index (χ4v) is 3.41. The molecule has 1 aromatic carbocycles. The Balaban J connectivity index is 2.21. The van der Waals surface area contributed by atoms with E-state index in [1.165, 1.54) is 0 Å². The fraction of sp³-hybridized carbons (Fsp3) is 0.400. The molecule has 7 nitrogen and oxygen atoms in total. The summed E-state index contributed by atoms with van der Waals surface area (Å²) in [6, 6.07) is 8.33. The lowest BCUT2D eigenvalue weighted by Crippen LogP contribution is -2.13. The summed E-state index contributed by atoms with van der Waals surface area (Å²) in [5.41, 5.74) is 19.5. The van der Waals surface area contributed by atoms with Crippen LogP contribution in [-0.2, 0) is 25.9 Å². The number of aromatic nitrogens is 5. The highest BCUT2D eigenvalue weighted by Gasteiger charge is 2.20. The number of aryl methyl sites for hydroxylation is 1. The molecule has 0 radical (unpaired) electrons. The van der Waals surface area contributed by atoms with Crippen LogP contribution < -0.4 is 11.5 Å². The number of benzene rings is 1. The number of hydrogen-bond acceptors (Lipinski definition) is 6. The molecule has 2 aromatic heterocycles. The zero-order valence-corrected chi connectivity index (χ0v) is 16.2. The molecule has 0 saturated carbocycles. The first-order valence-corrected chi connectivity index (χ1v) is 9.26. The molecule has 0 unspecified atom stereocenters. The van der Waals surface area contributed by atoms with Gasteiger partial charge >= 0.3 is 0 Å². The molecule has 0 bridgehead atoms. The Kier molecular flexibility index (Phi) is 5.93. The SMILES string of the molecule is Cc1nc(CC(C)C)c(CN)c(-c2ccc(CN)cc2)c1Cc1nn[nH]n1. The van der Waals surface area contributed by atoms with E-state index in [0.717, 1.165) is 45.6 Å². The van der Waals surface area contributed by atoms with Gasteiger partial charge in [0.2, 0.25) is 0 Å². The van der Waals surface area contributed by atoms with Gasteiger partial charge in [-0.1, -0.05) is 43.3 Å². The van der Waals surface area contributed by atoms with Gasteiger partial charge in [-0.2, -0.15) is 5.21 Å². The largest absolute Gasteiger partial charge is 0.326 e. The van der Waals surface area contributed by atoms with Crippen molar-refractivity contribution >= 4 is 0 Å². The standard InChI is InChI=1S/C20H27N7/c1-12(2)8-18-17(11-22)20(15-6-4-14(10-21)5-7-15)16(13(3)23-18)9-19-24-26-27-25-19/h4-7,12H,8-11,21-22H2,1-3H3,(H,24,25,26,27). The first-order chi connectivity index (χ1) is 13.0. The summed E-state index contributed by atoms with van der Waals surface area (Å²) < 4.78 is 0. The van der Waals surface area contributed by atoms with Crippen molar-refractivity contribution in [3.8, 4) is 11.1 Å². The molecule has 2 heterocycles. The van der Waals surface area contributed by atoms with Gasteiger partial charge in [-0.05, 0) is 47.1 Å². The van der Waals surface area contributed by atoms with E-state index < -0.39 is 0 Å². The van der Waals surface area contributed by atoms with Crippen LogP contribution in [0, 0.1) is 12.8 Å². The van der Waals surface area contributed by atoms with Gasteiger partial charge in [0.15, 0.2) is 5.82 Å². The van der Waals surface area contributed by atoms with Crippen LogP contribution in [0.4, 0.5) is 0 Å². The topological polar surface area (TPSA) is 119 Å². The van der Waals surface area contributed by atoms with E-state index in [2.05, 4.69) is 58.7 Å².